The molecule has 1 saturated heterocycles. The molecule has 17 heavy (non-hydrogen) atoms. The Morgan fingerprint density at radius 2 is 1.88 bits per heavy atom. The molecule has 0 bridgehead atoms. The average Bonchev–Trinajstić information content (AvgIpc) is 2.30. The van der Waals surface area contributed by atoms with Gasteiger partial charge in [0, 0.05) is 13.1 Å². The first-order chi connectivity index (χ1) is 8.08. The van der Waals surface area contributed by atoms with Crippen LogP contribution >= 0.6 is 0 Å². The maximum Gasteiger partial charge on any atom is 0.313 e. The van der Waals surface area contributed by atoms with Crippen molar-refractivity contribution in [2.24, 2.45) is 0 Å². The Hall–Kier alpha value is -0.910. The number of hydrogen-bond acceptors (Lipinski definition) is 4. The maximum atomic E-state index is 12.0. The number of piperidine rings is 1. The van der Waals surface area contributed by atoms with Gasteiger partial charge in [-0.15, -0.1) is 0 Å². The number of benzene rings is 1. The fourth-order valence-corrected chi connectivity index (χ4v) is 2.98. The second-order valence-electron chi connectivity index (χ2n) is 4.33. The monoisotopic (exact) mass is 255 g/mol. The Balaban J connectivity index is 2.13. The first kappa shape index (κ1) is 12.5. The van der Waals surface area contributed by atoms with Gasteiger partial charge in [-0.25, -0.2) is 0 Å². The summed E-state index contributed by atoms with van der Waals surface area (Å²) in [6.07, 6.45) is 3.12. The highest BCUT2D eigenvalue weighted by atomic mass is 32.2. The van der Waals surface area contributed by atoms with Crippen LogP contribution in [0.3, 0.4) is 0 Å². The quantitative estimate of drug-likeness (QED) is 0.830. The zero-order valence-electron chi connectivity index (χ0n) is 9.93. The number of hydroxylamine groups is 2. The molecule has 0 spiro atoms. The fourth-order valence-electron chi connectivity index (χ4n) is 1.89. The third-order valence-electron chi connectivity index (χ3n) is 2.80. The van der Waals surface area contributed by atoms with E-state index in [-0.39, 0.29) is 4.90 Å². The predicted molar refractivity (Wildman–Crippen MR) is 64.9 cm³/mol. The predicted octanol–water partition coefficient (Wildman–Crippen LogP) is 2.10. The lowest BCUT2D eigenvalue weighted by atomic mass is 10.2. The van der Waals surface area contributed by atoms with Gasteiger partial charge in [0.05, 0.1) is 4.90 Å². The van der Waals surface area contributed by atoms with Crippen LogP contribution in [0, 0.1) is 6.92 Å². The van der Waals surface area contributed by atoms with Gasteiger partial charge in [0.15, 0.2) is 0 Å². The van der Waals surface area contributed by atoms with Gasteiger partial charge in [-0.1, -0.05) is 18.6 Å². The highest BCUT2D eigenvalue weighted by molar-refractivity contribution is 7.86. The van der Waals surface area contributed by atoms with Crippen LogP contribution in [0.2, 0.25) is 0 Å². The first-order valence-electron chi connectivity index (χ1n) is 5.84. The van der Waals surface area contributed by atoms with Crippen LogP contribution in [-0.2, 0) is 14.4 Å². The molecular weight excluding hydrogens is 238 g/mol. The van der Waals surface area contributed by atoms with Crippen molar-refractivity contribution < 1.29 is 12.7 Å². The summed E-state index contributed by atoms with van der Waals surface area (Å²) in [7, 11) is -3.66. The van der Waals surface area contributed by atoms with Crippen LogP contribution in [0.5, 0.6) is 0 Å². The maximum absolute atomic E-state index is 12.0. The molecule has 4 nitrogen and oxygen atoms in total. The van der Waals surface area contributed by atoms with E-state index in [1.807, 2.05) is 13.0 Å². The Kier molecular flexibility index (Phi) is 3.81. The van der Waals surface area contributed by atoms with Crippen molar-refractivity contribution in [3.8, 4) is 0 Å². The molecule has 94 valence electrons. The van der Waals surface area contributed by atoms with Crippen LogP contribution in [0.15, 0.2) is 29.2 Å². The minimum Gasteiger partial charge on any atom is -0.192 e. The van der Waals surface area contributed by atoms with Crippen LogP contribution in [0.4, 0.5) is 0 Å². The molecule has 0 unspecified atom stereocenters. The lowest BCUT2D eigenvalue weighted by Crippen LogP contribution is -2.32. The first-order valence-corrected chi connectivity index (χ1v) is 7.25. The fraction of sp³-hybridized carbons (Fsp3) is 0.500. The van der Waals surface area contributed by atoms with Crippen LogP contribution in [0.1, 0.15) is 24.8 Å². The topological polar surface area (TPSA) is 46.6 Å². The number of rotatable bonds is 3. The van der Waals surface area contributed by atoms with Gasteiger partial charge in [0.2, 0.25) is 0 Å². The lowest BCUT2D eigenvalue weighted by Gasteiger charge is -2.24. The summed E-state index contributed by atoms with van der Waals surface area (Å²) < 4.78 is 29.1. The summed E-state index contributed by atoms with van der Waals surface area (Å²) in [5.74, 6) is 0. The van der Waals surface area contributed by atoms with Crippen molar-refractivity contribution in [3.05, 3.63) is 29.8 Å². The minimum absolute atomic E-state index is 0.225. The van der Waals surface area contributed by atoms with E-state index in [1.54, 1.807) is 23.3 Å². The van der Waals surface area contributed by atoms with Gasteiger partial charge in [-0.3, -0.25) is 0 Å². The number of aryl methyl sites for hydroxylation is 1. The van der Waals surface area contributed by atoms with Gasteiger partial charge >= 0.3 is 10.1 Å². The lowest BCUT2D eigenvalue weighted by molar-refractivity contribution is -0.0654. The molecule has 1 fully saturated rings. The molecule has 1 aliphatic heterocycles. The Bertz CT molecular complexity index is 478. The standard InChI is InChI=1S/C12H17NO3S/c1-11-6-5-7-12(10-11)17(14,15)16-13-8-3-2-4-9-13/h5-7,10H,2-4,8-9H2,1H3. The largest absolute Gasteiger partial charge is 0.313 e. The molecule has 0 aromatic heterocycles. The van der Waals surface area contributed by atoms with E-state index < -0.39 is 10.1 Å². The van der Waals surface area contributed by atoms with E-state index in [1.165, 1.54) is 0 Å². The molecule has 0 N–H and O–H groups in total. The van der Waals surface area contributed by atoms with Crippen molar-refractivity contribution in [1.82, 2.24) is 5.06 Å². The summed E-state index contributed by atoms with van der Waals surface area (Å²) >= 11 is 0. The Morgan fingerprint density at radius 1 is 1.18 bits per heavy atom. The normalized spacial score (nSPS) is 18.2. The molecular formula is C12H17NO3S. The summed E-state index contributed by atoms with van der Waals surface area (Å²) in [5, 5.41) is 1.54. The van der Waals surface area contributed by atoms with E-state index in [4.69, 9.17) is 4.28 Å². The molecule has 0 amide bonds. The summed E-state index contributed by atoms with van der Waals surface area (Å²) in [6, 6.07) is 6.77. The van der Waals surface area contributed by atoms with E-state index in [0.29, 0.717) is 13.1 Å². The molecule has 0 radical (unpaired) electrons. The van der Waals surface area contributed by atoms with Gasteiger partial charge < -0.3 is 0 Å². The van der Waals surface area contributed by atoms with E-state index in [9.17, 15) is 8.42 Å². The van der Waals surface area contributed by atoms with E-state index >= 15 is 0 Å². The second kappa shape index (κ2) is 5.16. The molecule has 1 heterocycles. The van der Waals surface area contributed by atoms with Gasteiger partial charge in [0.25, 0.3) is 0 Å². The van der Waals surface area contributed by atoms with E-state index in [0.717, 1.165) is 24.8 Å². The molecule has 0 atom stereocenters. The molecule has 0 saturated carbocycles. The van der Waals surface area contributed by atoms with Gasteiger partial charge in [0.1, 0.15) is 0 Å². The highest BCUT2D eigenvalue weighted by Crippen LogP contribution is 2.18. The zero-order valence-corrected chi connectivity index (χ0v) is 10.7. The van der Waals surface area contributed by atoms with E-state index in [2.05, 4.69) is 0 Å². The third-order valence-corrected chi connectivity index (χ3v) is 4.04. The number of hydrogen-bond donors (Lipinski definition) is 0. The molecule has 1 aliphatic rings. The minimum atomic E-state index is -3.66. The third kappa shape index (κ3) is 3.28. The summed E-state index contributed by atoms with van der Waals surface area (Å²) in [6.45, 7) is 3.23. The van der Waals surface area contributed by atoms with Crippen LogP contribution < -0.4 is 0 Å². The van der Waals surface area contributed by atoms with Gasteiger partial charge in [-0.05, 0) is 37.5 Å². The smallest absolute Gasteiger partial charge is 0.192 e. The summed E-state index contributed by atoms with van der Waals surface area (Å²) in [4.78, 5) is 0.225. The highest BCUT2D eigenvalue weighted by Gasteiger charge is 2.21. The van der Waals surface area contributed by atoms with Gasteiger partial charge in [-0.2, -0.15) is 17.8 Å². The van der Waals surface area contributed by atoms with Crippen molar-refractivity contribution in [2.45, 2.75) is 31.1 Å². The van der Waals surface area contributed by atoms with Crippen molar-refractivity contribution in [2.75, 3.05) is 13.1 Å². The number of nitrogens with zero attached hydrogens (tertiary/aromatic N) is 1. The van der Waals surface area contributed by atoms with Crippen molar-refractivity contribution in [1.29, 1.82) is 0 Å². The molecule has 1 aromatic carbocycles. The van der Waals surface area contributed by atoms with Crippen molar-refractivity contribution >= 4 is 10.1 Å². The molecule has 5 heteroatoms. The van der Waals surface area contributed by atoms with Crippen molar-refractivity contribution in [3.63, 3.8) is 0 Å². The van der Waals surface area contributed by atoms with Crippen LogP contribution in [0.25, 0.3) is 0 Å². The summed E-state index contributed by atoms with van der Waals surface area (Å²) in [5.41, 5.74) is 0.910. The Labute approximate surface area is 102 Å². The Morgan fingerprint density at radius 3 is 2.53 bits per heavy atom. The molecule has 2 rings (SSSR count). The molecule has 1 aromatic rings. The average molecular weight is 255 g/mol. The molecule has 0 aliphatic carbocycles. The second-order valence-corrected chi connectivity index (χ2v) is 5.86. The zero-order chi connectivity index (χ0) is 12.3. The van der Waals surface area contributed by atoms with Crippen LogP contribution in [-0.4, -0.2) is 26.6 Å². The SMILES string of the molecule is Cc1cccc(S(=O)(=O)ON2CCCCC2)c1.